The number of carbonyl (C=O) groups excluding carboxylic acids is 2. The van der Waals surface area contributed by atoms with Gasteiger partial charge in [0.15, 0.2) is 11.5 Å². The zero-order chi connectivity index (χ0) is 22.9. The van der Waals surface area contributed by atoms with Crippen molar-refractivity contribution < 1.29 is 28.5 Å². The van der Waals surface area contributed by atoms with Crippen LogP contribution in [0.15, 0.2) is 59.6 Å². The number of ether oxygens (including phenoxy) is 4. The van der Waals surface area contributed by atoms with Crippen LogP contribution in [0.5, 0.6) is 23.0 Å². The van der Waals surface area contributed by atoms with E-state index in [1.54, 1.807) is 36.4 Å². The Bertz CT molecular complexity index is 1270. The van der Waals surface area contributed by atoms with E-state index in [2.05, 4.69) is 5.32 Å². The molecule has 0 saturated carbocycles. The highest BCUT2D eigenvalue weighted by Gasteiger charge is 2.42. The van der Waals surface area contributed by atoms with Gasteiger partial charge in [0.2, 0.25) is 0 Å². The van der Waals surface area contributed by atoms with Crippen molar-refractivity contribution in [3.05, 3.63) is 64.5 Å². The van der Waals surface area contributed by atoms with Gasteiger partial charge in [-0.2, -0.15) is 0 Å². The van der Waals surface area contributed by atoms with Crippen LogP contribution in [0.25, 0.3) is 5.57 Å². The highest BCUT2D eigenvalue weighted by molar-refractivity contribution is 7.11. The first-order valence-electron chi connectivity index (χ1n) is 10.2. The summed E-state index contributed by atoms with van der Waals surface area (Å²) in [5, 5.41) is 5.00. The number of amides is 2. The number of nitrogens with one attached hydrogen (secondary N) is 1. The number of nitrogens with zero attached hydrogens (tertiary/aromatic N) is 1. The van der Waals surface area contributed by atoms with Gasteiger partial charge in [-0.3, -0.25) is 9.59 Å². The molecule has 2 aliphatic heterocycles. The van der Waals surface area contributed by atoms with E-state index in [0.29, 0.717) is 52.5 Å². The average Bonchev–Trinajstić information content (AvgIpc) is 3.45. The zero-order valence-corrected chi connectivity index (χ0v) is 18.7. The molecule has 1 aromatic heterocycles. The molecule has 168 valence electrons. The first-order chi connectivity index (χ1) is 16.1. The van der Waals surface area contributed by atoms with Gasteiger partial charge in [-0.1, -0.05) is 6.07 Å². The molecule has 2 amide bonds. The zero-order valence-electron chi connectivity index (χ0n) is 17.9. The highest BCUT2D eigenvalue weighted by Crippen LogP contribution is 2.41. The molecule has 0 radical (unpaired) electrons. The Labute approximate surface area is 193 Å². The Morgan fingerprint density at radius 3 is 2.48 bits per heavy atom. The van der Waals surface area contributed by atoms with Gasteiger partial charge in [-0.25, -0.2) is 4.90 Å². The van der Waals surface area contributed by atoms with Gasteiger partial charge < -0.3 is 24.3 Å². The topological polar surface area (TPSA) is 86.3 Å². The highest BCUT2D eigenvalue weighted by atomic mass is 32.1. The fourth-order valence-corrected chi connectivity index (χ4v) is 4.52. The van der Waals surface area contributed by atoms with Gasteiger partial charge in [0, 0.05) is 22.7 Å². The number of benzene rings is 2. The van der Waals surface area contributed by atoms with Crippen molar-refractivity contribution in [2.75, 3.05) is 37.7 Å². The normalized spacial score (nSPS) is 15.2. The second kappa shape index (κ2) is 8.51. The minimum Gasteiger partial charge on any atom is -0.497 e. The largest absolute Gasteiger partial charge is 0.497 e. The summed E-state index contributed by atoms with van der Waals surface area (Å²) in [6.45, 7) is 0.929. The molecule has 33 heavy (non-hydrogen) atoms. The van der Waals surface area contributed by atoms with E-state index in [1.807, 2.05) is 17.5 Å². The molecule has 0 unspecified atom stereocenters. The van der Waals surface area contributed by atoms with Crippen LogP contribution in [0, 0.1) is 0 Å². The fourth-order valence-electron chi connectivity index (χ4n) is 3.75. The number of rotatable bonds is 6. The summed E-state index contributed by atoms with van der Waals surface area (Å²) < 4.78 is 21.9. The van der Waals surface area contributed by atoms with Crippen LogP contribution >= 0.6 is 11.3 Å². The summed E-state index contributed by atoms with van der Waals surface area (Å²) in [6.07, 6.45) is 0. The van der Waals surface area contributed by atoms with Gasteiger partial charge in [0.05, 0.1) is 25.5 Å². The molecule has 3 heterocycles. The van der Waals surface area contributed by atoms with Crippen LogP contribution in [0.4, 0.5) is 11.4 Å². The predicted octanol–water partition coefficient (Wildman–Crippen LogP) is 3.93. The Hall–Kier alpha value is -3.98. The van der Waals surface area contributed by atoms with E-state index in [-0.39, 0.29) is 11.3 Å². The maximum Gasteiger partial charge on any atom is 0.282 e. The van der Waals surface area contributed by atoms with E-state index >= 15 is 0 Å². The number of carbonyl (C=O) groups is 2. The molecule has 0 saturated heterocycles. The van der Waals surface area contributed by atoms with Crippen molar-refractivity contribution in [3.8, 4) is 23.0 Å². The third-order valence-electron chi connectivity index (χ3n) is 5.29. The maximum atomic E-state index is 13.6. The number of hydrogen-bond donors (Lipinski definition) is 1. The third-order valence-corrected chi connectivity index (χ3v) is 6.18. The summed E-state index contributed by atoms with van der Waals surface area (Å²) >= 11 is 1.38. The molecule has 3 aromatic rings. The third kappa shape index (κ3) is 3.66. The monoisotopic (exact) mass is 464 g/mol. The van der Waals surface area contributed by atoms with E-state index in [1.165, 1.54) is 25.6 Å². The van der Waals surface area contributed by atoms with Crippen molar-refractivity contribution in [1.82, 2.24) is 0 Å². The van der Waals surface area contributed by atoms with Crippen LogP contribution in [0.3, 0.4) is 0 Å². The molecule has 2 aromatic carbocycles. The average molecular weight is 464 g/mol. The lowest BCUT2D eigenvalue weighted by Crippen LogP contribution is -2.32. The number of imide groups is 1. The lowest BCUT2D eigenvalue weighted by molar-refractivity contribution is -0.120. The first-order valence-corrected chi connectivity index (χ1v) is 11.0. The molecular weight excluding hydrogens is 444 g/mol. The van der Waals surface area contributed by atoms with Crippen LogP contribution in [0.2, 0.25) is 0 Å². The Balaban J connectivity index is 1.58. The SMILES string of the molecule is COc1ccc(OC)c(N2C(=O)C(Nc3ccc4c(c3)OCCO4)=C(c3cccs3)C2=O)c1. The predicted molar refractivity (Wildman–Crippen MR) is 124 cm³/mol. The lowest BCUT2D eigenvalue weighted by Gasteiger charge is -2.20. The molecule has 8 nitrogen and oxygen atoms in total. The standard InChI is InChI=1S/C24H20N2O6S/c1-29-15-6-8-17(30-2)16(13-15)26-23(27)21(20-4-3-11-33-20)22(24(26)28)25-14-5-7-18-19(12-14)32-10-9-31-18/h3-8,11-13,25H,9-10H2,1-2H3. The van der Waals surface area contributed by atoms with Gasteiger partial charge in [-0.05, 0) is 35.7 Å². The van der Waals surface area contributed by atoms with E-state index in [4.69, 9.17) is 18.9 Å². The minimum atomic E-state index is -0.496. The van der Waals surface area contributed by atoms with Crippen molar-refractivity contribution in [2.45, 2.75) is 0 Å². The lowest BCUT2D eigenvalue weighted by atomic mass is 10.1. The van der Waals surface area contributed by atoms with Gasteiger partial charge in [0.1, 0.15) is 30.4 Å². The summed E-state index contributed by atoms with van der Waals surface area (Å²) in [4.78, 5) is 29.0. The van der Waals surface area contributed by atoms with Crippen LogP contribution in [-0.2, 0) is 9.59 Å². The second-order valence-corrected chi connectivity index (χ2v) is 8.14. The van der Waals surface area contributed by atoms with Crippen molar-refractivity contribution >= 4 is 40.1 Å². The summed E-state index contributed by atoms with van der Waals surface area (Å²) in [5.41, 5.74) is 1.36. The van der Waals surface area contributed by atoms with Crippen LogP contribution < -0.4 is 29.2 Å². The minimum absolute atomic E-state index is 0.170. The molecular formula is C24H20N2O6S. The molecule has 0 bridgehead atoms. The number of hydrogen-bond acceptors (Lipinski definition) is 8. The second-order valence-electron chi connectivity index (χ2n) is 7.19. The Kier molecular flexibility index (Phi) is 5.39. The smallest absolute Gasteiger partial charge is 0.282 e. The Morgan fingerprint density at radius 2 is 1.76 bits per heavy atom. The number of methoxy groups -OCH3 is 2. The van der Waals surface area contributed by atoms with E-state index < -0.39 is 11.8 Å². The summed E-state index contributed by atoms with van der Waals surface area (Å²) in [5.74, 6) is 1.14. The Morgan fingerprint density at radius 1 is 0.939 bits per heavy atom. The molecule has 2 aliphatic rings. The van der Waals surface area contributed by atoms with Crippen LogP contribution in [-0.4, -0.2) is 39.2 Å². The van der Waals surface area contributed by atoms with Gasteiger partial charge in [0.25, 0.3) is 11.8 Å². The summed E-state index contributed by atoms with van der Waals surface area (Å²) in [6, 6.07) is 13.9. The molecule has 0 atom stereocenters. The molecule has 1 N–H and O–H groups in total. The number of anilines is 2. The summed E-state index contributed by atoms with van der Waals surface area (Å²) in [7, 11) is 3.00. The molecule has 5 rings (SSSR count). The number of thiophene rings is 1. The maximum absolute atomic E-state index is 13.6. The quantitative estimate of drug-likeness (QED) is 0.553. The number of fused-ring (bicyclic) bond motifs is 1. The van der Waals surface area contributed by atoms with Crippen molar-refractivity contribution in [1.29, 1.82) is 0 Å². The molecule has 0 spiro atoms. The van der Waals surface area contributed by atoms with Crippen molar-refractivity contribution in [3.63, 3.8) is 0 Å². The van der Waals surface area contributed by atoms with Gasteiger partial charge in [-0.15, -0.1) is 11.3 Å². The van der Waals surface area contributed by atoms with Crippen LogP contribution in [0.1, 0.15) is 4.88 Å². The fraction of sp³-hybridized carbons (Fsp3) is 0.167. The van der Waals surface area contributed by atoms with Crippen molar-refractivity contribution in [2.24, 2.45) is 0 Å². The van der Waals surface area contributed by atoms with E-state index in [9.17, 15) is 9.59 Å². The van der Waals surface area contributed by atoms with E-state index in [0.717, 1.165) is 4.90 Å². The molecule has 0 aliphatic carbocycles. The molecule has 0 fully saturated rings. The molecule has 9 heteroatoms. The van der Waals surface area contributed by atoms with Gasteiger partial charge >= 0.3 is 0 Å². The first kappa shape index (κ1) is 20.9.